The predicted octanol–water partition coefficient (Wildman–Crippen LogP) is 3.46. The largest absolute Gasteiger partial charge is 0.379 e. The van der Waals surface area contributed by atoms with Crippen LogP contribution in [0.15, 0.2) is 24.3 Å². The van der Waals surface area contributed by atoms with Crippen LogP contribution in [-0.4, -0.2) is 55.1 Å². The van der Waals surface area contributed by atoms with E-state index < -0.39 is 0 Å². The lowest BCUT2D eigenvalue weighted by Gasteiger charge is -2.31. The molecule has 1 aromatic carbocycles. The first-order chi connectivity index (χ1) is 12.7. The molecule has 0 bridgehead atoms. The van der Waals surface area contributed by atoms with Gasteiger partial charge in [0, 0.05) is 44.2 Å². The molecule has 0 radical (unpaired) electrons. The highest BCUT2D eigenvalue weighted by Gasteiger charge is 2.26. The first-order valence-electron chi connectivity index (χ1n) is 10.1. The number of ether oxygens (including phenoxy) is 1. The normalized spacial score (nSPS) is 19.4. The fourth-order valence-corrected chi connectivity index (χ4v) is 4.02. The Morgan fingerprint density at radius 3 is 2.62 bits per heavy atom. The number of carbonyl (C=O) groups excluding carboxylic acids is 1. The molecule has 1 heterocycles. The van der Waals surface area contributed by atoms with Crippen LogP contribution >= 0.6 is 0 Å². The van der Waals surface area contributed by atoms with Crippen molar-refractivity contribution in [3.05, 3.63) is 35.6 Å². The van der Waals surface area contributed by atoms with Crippen molar-refractivity contribution in [1.82, 2.24) is 9.80 Å². The van der Waals surface area contributed by atoms with E-state index in [9.17, 15) is 9.18 Å². The summed E-state index contributed by atoms with van der Waals surface area (Å²) in [6, 6.07) is 6.81. The number of nitrogens with zero attached hydrogens (tertiary/aromatic N) is 2. The third-order valence-corrected chi connectivity index (χ3v) is 5.59. The molecule has 0 aromatic heterocycles. The SMILES string of the molecule is O=C(C1CCCCC1)N(CCCN1CCOCC1)Cc1ccccc1F. The van der Waals surface area contributed by atoms with Crippen molar-refractivity contribution in [2.45, 2.75) is 45.1 Å². The van der Waals surface area contributed by atoms with Crippen molar-refractivity contribution in [3.8, 4) is 0 Å². The molecule has 3 rings (SSSR count). The lowest BCUT2D eigenvalue weighted by atomic mass is 9.88. The third-order valence-electron chi connectivity index (χ3n) is 5.59. The summed E-state index contributed by atoms with van der Waals surface area (Å²) in [7, 11) is 0. The van der Waals surface area contributed by atoms with Gasteiger partial charge in [-0.15, -0.1) is 0 Å². The maximum absolute atomic E-state index is 14.1. The number of morpholine rings is 1. The molecule has 2 aliphatic rings. The number of hydrogen-bond acceptors (Lipinski definition) is 3. The second kappa shape index (κ2) is 10.0. The van der Waals surface area contributed by atoms with E-state index >= 15 is 0 Å². The zero-order valence-electron chi connectivity index (χ0n) is 15.7. The van der Waals surface area contributed by atoms with Gasteiger partial charge in [-0.1, -0.05) is 37.5 Å². The van der Waals surface area contributed by atoms with Crippen LogP contribution in [0.2, 0.25) is 0 Å². The molecule has 5 heteroatoms. The van der Waals surface area contributed by atoms with Crippen LogP contribution in [0.1, 0.15) is 44.1 Å². The van der Waals surface area contributed by atoms with Gasteiger partial charge in [0.1, 0.15) is 5.82 Å². The Labute approximate surface area is 156 Å². The van der Waals surface area contributed by atoms with Crippen LogP contribution in [0, 0.1) is 11.7 Å². The third kappa shape index (κ3) is 5.52. The van der Waals surface area contributed by atoms with Gasteiger partial charge in [-0.2, -0.15) is 0 Å². The van der Waals surface area contributed by atoms with E-state index in [1.165, 1.54) is 12.5 Å². The standard InChI is InChI=1S/C21H31FN2O2/c22-20-10-5-4-9-19(20)17-24(21(25)18-7-2-1-3-8-18)12-6-11-23-13-15-26-16-14-23/h4-5,9-10,18H,1-3,6-8,11-17H2. The molecule has 1 aliphatic carbocycles. The Balaban J connectivity index is 1.60. The van der Waals surface area contributed by atoms with Gasteiger partial charge in [0.15, 0.2) is 0 Å². The summed E-state index contributed by atoms with van der Waals surface area (Å²) in [6.45, 7) is 5.55. The Morgan fingerprint density at radius 2 is 1.88 bits per heavy atom. The summed E-state index contributed by atoms with van der Waals surface area (Å²) in [5, 5.41) is 0. The Bertz CT molecular complexity index is 569. The molecule has 0 spiro atoms. The summed E-state index contributed by atoms with van der Waals surface area (Å²) < 4.78 is 19.5. The number of rotatable bonds is 7. The summed E-state index contributed by atoms with van der Waals surface area (Å²) in [5.41, 5.74) is 0.614. The van der Waals surface area contributed by atoms with E-state index in [1.807, 2.05) is 11.0 Å². The first kappa shape index (κ1) is 19.3. The fraction of sp³-hybridized carbons (Fsp3) is 0.667. The summed E-state index contributed by atoms with van der Waals surface area (Å²) in [4.78, 5) is 17.3. The van der Waals surface area contributed by atoms with Crippen molar-refractivity contribution in [1.29, 1.82) is 0 Å². The Kier molecular flexibility index (Phi) is 7.44. The Morgan fingerprint density at radius 1 is 1.15 bits per heavy atom. The second-order valence-electron chi connectivity index (χ2n) is 7.49. The molecule has 2 fully saturated rings. The van der Waals surface area contributed by atoms with Gasteiger partial charge < -0.3 is 9.64 Å². The highest BCUT2D eigenvalue weighted by molar-refractivity contribution is 5.79. The summed E-state index contributed by atoms with van der Waals surface area (Å²) in [6.07, 6.45) is 6.39. The van der Waals surface area contributed by atoms with E-state index in [4.69, 9.17) is 4.74 Å². The van der Waals surface area contributed by atoms with Crippen molar-refractivity contribution in [2.75, 3.05) is 39.4 Å². The average molecular weight is 362 g/mol. The second-order valence-corrected chi connectivity index (χ2v) is 7.49. The molecule has 4 nitrogen and oxygen atoms in total. The van der Waals surface area contributed by atoms with Gasteiger partial charge in [-0.05, 0) is 25.3 Å². The van der Waals surface area contributed by atoms with E-state index in [-0.39, 0.29) is 17.6 Å². The van der Waals surface area contributed by atoms with E-state index in [1.54, 1.807) is 12.1 Å². The number of halogens is 1. The van der Waals surface area contributed by atoms with Crippen LogP contribution in [0.5, 0.6) is 0 Å². The van der Waals surface area contributed by atoms with Crippen molar-refractivity contribution in [2.24, 2.45) is 5.92 Å². The molecule has 26 heavy (non-hydrogen) atoms. The van der Waals surface area contributed by atoms with E-state index in [0.717, 1.165) is 65.0 Å². The molecule has 0 unspecified atom stereocenters. The molecule has 0 N–H and O–H groups in total. The molecule has 1 aromatic rings. The summed E-state index contributed by atoms with van der Waals surface area (Å²) in [5.74, 6) is 0.121. The maximum Gasteiger partial charge on any atom is 0.225 e. The monoisotopic (exact) mass is 362 g/mol. The van der Waals surface area contributed by atoms with Gasteiger partial charge in [0.25, 0.3) is 0 Å². The predicted molar refractivity (Wildman–Crippen MR) is 100 cm³/mol. The quantitative estimate of drug-likeness (QED) is 0.745. The molecule has 1 saturated heterocycles. The van der Waals surface area contributed by atoms with Crippen LogP contribution in [0.25, 0.3) is 0 Å². The van der Waals surface area contributed by atoms with Crippen LogP contribution in [0.4, 0.5) is 4.39 Å². The topological polar surface area (TPSA) is 32.8 Å². The molecular weight excluding hydrogens is 331 g/mol. The van der Waals surface area contributed by atoms with E-state index in [0.29, 0.717) is 18.7 Å². The van der Waals surface area contributed by atoms with Crippen molar-refractivity contribution in [3.63, 3.8) is 0 Å². The number of hydrogen-bond donors (Lipinski definition) is 0. The van der Waals surface area contributed by atoms with Crippen LogP contribution < -0.4 is 0 Å². The van der Waals surface area contributed by atoms with Gasteiger partial charge in [0.2, 0.25) is 5.91 Å². The minimum Gasteiger partial charge on any atom is -0.379 e. The van der Waals surface area contributed by atoms with Gasteiger partial charge >= 0.3 is 0 Å². The fourth-order valence-electron chi connectivity index (χ4n) is 4.02. The summed E-state index contributed by atoms with van der Waals surface area (Å²) >= 11 is 0. The van der Waals surface area contributed by atoms with Crippen molar-refractivity contribution < 1.29 is 13.9 Å². The molecule has 1 aliphatic heterocycles. The molecule has 1 amide bonds. The number of carbonyl (C=O) groups is 1. The molecule has 144 valence electrons. The smallest absolute Gasteiger partial charge is 0.225 e. The maximum atomic E-state index is 14.1. The lowest BCUT2D eigenvalue weighted by molar-refractivity contribution is -0.137. The van der Waals surface area contributed by atoms with E-state index in [2.05, 4.69) is 4.90 Å². The average Bonchev–Trinajstić information content (AvgIpc) is 2.70. The zero-order chi connectivity index (χ0) is 18.2. The number of benzene rings is 1. The number of amides is 1. The Hall–Kier alpha value is -1.46. The molecular formula is C21H31FN2O2. The van der Waals surface area contributed by atoms with Gasteiger partial charge in [0.05, 0.1) is 13.2 Å². The van der Waals surface area contributed by atoms with Gasteiger partial charge in [-0.3, -0.25) is 9.69 Å². The highest BCUT2D eigenvalue weighted by Crippen LogP contribution is 2.26. The lowest BCUT2D eigenvalue weighted by Crippen LogP contribution is -2.40. The minimum atomic E-state index is -0.220. The zero-order valence-corrected chi connectivity index (χ0v) is 15.7. The molecule has 1 saturated carbocycles. The van der Waals surface area contributed by atoms with Crippen molar-refractivity contribution >= 4 is 5.91 Å². The highest BCUT2D eigenvalue weighted by atomic mass is 19.1. The van der Waals surface area contributed by atoms with Gasteiger partial charge in [-0.25, -0.2) is 4.39 Å². The molecule has 0 atom stereocenters. The minimum absolute atomic E-state index is 0.124. The first-order valence-corrected chi connectivity index (χ1v) is 10.1. The van der Waals surface area contributed by atoms with Crippen LogP contribution in [-0.2, 0) is 16.1 Å². The van der Waals surface area contributed by atoms with Crippen LogP contribution in [0.3, 0.4) is 0 Å².